The second kappa shape index (κ2) is 5.30. The van der Waals surface area contributed by atoms with Gasteiger partial charge in [0.25, 0.3) is 5.78 Å². The zero-order valence-electron chi connectivity index (χ0n) is 10.8. The second-order valence-electron chi connectivity index (χ2n) is 4.70. The van der Waals surface area contributed by atoms with Gasteiger partial charge in [0.2, 0.25) is 5.88 Å². The molecule has 0 aliphatic carbocycles. The van der Waals surface area contributed by atoms with Crippen LogP contribution in [0.1, 0.15) is 18.4 Å². The molecule has 3 heterocycles. The van der Waals surface area contributed by atoms with Crippen LogP contribution in [-0.2, 0) is 0 Å². The maximum atomic E-state index is 6.07. The summed E-state index contributed by atoms with van der Waals surface area (Å²) in [4.78, 5) is 10.6. The minimum absolute atomic E-state index is 0.414. The maximum Gasteiger partial charge on any atom is 0.256 e. The lowest BCUT2D eigenvalue weighted by Crippen LogP contribution is -2.25. The molecule has 1 aliphatic rings. The Hall–Kier alpha value is -1.40. The van der Waals surface area contributed by atoms with Crippen LogP contribution in [0, 0.1) is 6.92 Å². The lowest BCUT2D eigenvalue weighted by atomic mass is 10.4. The number of hydrogen-bond acceptors (Lipinski definition) is 5. The number of aromatic nitrogens is 4. The van der Waals surface area contributed by atoms with Crippen molar-refractivity contribution < 1.29 is 4.74 Å². The first-order valence-corrected chi connectivity index (χ1v) is 6.84. The molecule has 102 valence electrons. The molecule has 19 heavy (non-hydrogen) atoms. The number of hydrogen-bond donors (Lipinski definition) is 0. The van der Waals surface area contributed by atoms with Crippen molar-refractivity contribution in [3.8, 4) is 5.88 Å². The zero-order valence-corrected chi connectivity index (χ0v) is 11.6. The average Bonchev–Trinajstić information content (AvgIpc) is 3.04. The van der Waals surface area contributed by atoms with Gasteiger partial charge in [-0.05, 0) is 32.9 Å². The van der Waals surface area contributed by atoms with Gasteiger partial charge >= 0.3 is 0 Å². The smallest absolute Gasteiger partial charge is 0.256 e. The minimum Gasteiger partial charge on any atom is -0.476 e. The van der Waals surface area contributed by atoms with Crippen molar-refractivity contribution in [1.82, 2.24) is 24.5 Å². The van der Waals surface area contributed by atoms with E-state index in [0.717, 1.165) is 25.2 Å². The monoisotopic (exact) mass is 281 g/mol. The number of fused-ring (bicyclic) bond motifs is 1. The summed E-state index contributed by atoms with van der Waals surface area (Å²) in [5.74, 6) is 1.10. The Kier molecular flexibility index (Phi) is 3.52. The predicted molar refractivity (Wildman–Crippen MR) is 71.7 cm³/mol. The van der Waals surface area contributed by atoms with Crippen LogP contribution in [0.15, 0.2) is 6.33 Å². The van der Waals surface area contributed by atoms with Crippen molar-refractivity contribution in [3.63, 3.8) is 0 Å². The van der Waals surface area contributed by atoms with Gasteiger partial charge in [-0.3, -0.25) is 4.90 Å². The summed E-state index contributed by atoms with van der Waals surface area (Å²) < 4.78 is 7.43. The van der Waals surface area contributed by atoms with Gasteiger partial charge in [-0.1, -0.05) is 11.6 Å². The molecule has 2 aromatic heterocycles. The van der Waals surface area contributed by atoms with E-state index < -0.39 is 0 Å². The summed E-state index contributed by atoms with van der Waals surface area (Å²) in [5.41, 5.74) is 0.793. The highest BCUT2D eigenvalue weighted by Gasteiger charge is 2.15. The lowest BCUT2D eigenvalue weighted by Gasteiger charge is -2.16. The molecule has 0 atom stereocenters. The molecule has 2 aromatic rings. The third kappa shape index (κ3) is 2.50. The molecule has 0 spiro atoms. The third-order valence-electron chi connectivity index (χ3n) is 3.40. The van der Waals surface area contributed by atoms with Crippen molar-refractivity contribution in [2.24, 2.45) is 0 Å². The lowest BCUT2D eigenvalue weighted by molar-refractivity contribution is 0.227. The van der Waals surface area contributed by atoms with E-state index in [-0.39, 0.29) is 0 Å². The Labute approximate surface area is 116 Å². The molecule has 1 aliphatic heterocycles. The molecule has 7 heteroatoms. The van der Waals surface area contributed by atoms with Gasteiger partial charge in [0.15, 0.2) is 0 Å². The molecule has 0 bridgehead atoms. The van der Waals surface area contributed by atoms with Gasteiger partial charge in [0.05, 0.1) is 0 Å². The van der Waals surface area contributed by atoms with Gasteiger partial charge in [-0.15, -0.1) is 0 Å². The van der Waals surface area contributed by atoms with E-state index in [4.69, 9.17) is 16.3 Å². The highest BCUT2D eigenvalue weighted by molar-refractivity contribution is 6.30. The second-order valence-corrected chi connectivity index (χ2v) is 5.06. The van der Waals surface area contributed by atoms with Crippen LogP contribution in [0.3, 0.4) is 0 Å². The highest BCUT2D eigenvalue weighted by Crippen LogP contribution is 2.24. The first kappa shape index (κ1) is 12.6. The van der Waals surface area contributed by atoms with Gasteiger partial charge in [0.1, 0.15) is 18.1 Å². The van der Waals surface area contributed by atoms with E-state index in [1.54, 1.807) is 4.52 Å². The van der Waals surface area contributed by atoms with Gasteiger partial charge < -0.3 is 4.74 Å². The Bertz CT molecular complexity index is 579. The summed E-state index contributed by atoms with van der Waals surface area (Å²) in [5, 5.41) is 4.53. The van der Waals surface area contributed by atoms with E-state index in [2.05, 4.69) is 20.0 Å². The summed E-state index contributed by atoms with van der Waals surface area (Å²) in [7, 11) is 0. The molecule has 0 aromatic carbocycles. The standard InChI is InChI=1S/C12H16ClN5O/c1-9-10(13)16-12-14-8-15-18(12)11(9)19-7-6-17-4-2-3-5-17/h8H,2-7H2,1H3. The SMILES string of the molecule is Cc1c(Cl)nc2ncnn2c1OCCN1CCCC1. The Morgan fingerprint density at radius 2 is 2.16 bits per heavy atom. The van der Waals surface area contributed by atoms with Gasteiger partial charge in [0, 0.05) is 12.1 Å². The van der Waals surface area contributed by atoms with Crippen molar-refractivity contribution >= 4 is 17.4 Å². The molecule has 0 N–H and O–H groups in total. The van der Waals surface area contributed by atoms with Crippen LogP contribution in [0.4, 0.5) is 0 Å². The van der Waals surface area contributed by atoms with Crippen LogP contribution in [-0.4, -0.2) is 50.7 Å². The van der Waals surface area contributed by atoms with Crippen LogP contribution in [0.25, 0.3) is 5.78 Å². The van der Waals surface area contributed by atoms with Crippen molar-refractivity contribution in [2.75, 3.05) is 26.2 Å². The fraction of sp³-hybridized carbons (Fsp3) is 0.583. The molecule has 3 rings (SSSR count). The van der Waals surface area contributed by atoms with E-state index in [0.29, 0.717) is 23.4 Å². The van der Waals surface area contributed by atoms with Gasteiger partial charge in [-0.25, -0.2) is 0 Å². The Morgan fingerprint density at radius 1 is 1.37 bits per heavy atom. The molecular formula is C12H16ClN5O. The number of ether oxygens (including phenoxy) is 1. The summed E-state index contributed by atoms with van der Waals surface area (Å²) in [6.07, 6.45) is 4.02. The van der Waals surface area contributed by atoms with E-state index >= 15 is 0 Å². The zero-order chi connectivity index (χ0) is 13.2. The van der Waals surface area contributed by atoms with Crippen molar-refractivity contribution in [1.29, 1.82) is 0 Å². The molecular weight excluding hydrogens is 266 g/mol. The van der Waals surface area contributed by atoms with Crippen LogP contribution >= 0.6 is 11.6 Å². The van der Waals surface area contributed by atoms with Crippen LogP contribution < -0.4 is 4.74 Å². The first-order valence-electron chi connectivity index (χ1n) is 6.46. The van der Waals surface area contributed by atoms with E-state index in [1.807, 2.05) is 6.92 Å². The number of nitrogens with zero attached hydrogens (tertiary/aromatic N) is 5. The largest absolute Gasteiger partial charge is 0.476 e. The van der Waals surface area contributed by atoms with E-state index in [9.17, 15) is 0 Å². The summed E-state index contributed by atoms with van der Waals surface area (Å²) in [6, 6.07) is 0. The predicted octanol–water partition coefficient (Wildman–Crippen LogP) is 1.56. The molecule has 6 nitrogen and oxygen atoms in total. The quantitative estimate of drug-likeness (QED) is 0.796. The fourth-order valence-corrected chi connectivity index (χ4v) is 2.48. The topological polar surface area (TPSA) is 55.6 Å². The van der Waals surface area contributed by atoms with E-state index in [1.165, 1.54) is 19.2 Å². The minimum atomic E-state index is 0.414. The van der Waals surface area contributed by atoms with Crippen LogP contribution in [0.5, 0.6) is 5.88 Å². The number of halogens is 1. The number of likely N-dealkylation sites (tertiary alicyclic amines) is 1. The first-order chi connectivity index (χ1) is 9.25. The number of rotatable bonds is 4. The molecule has 1 fully saturated rings. The third-order valence-corrected chi connectivity index (χ3v) is 3.76. The summed E-state index contributed by atoms with van der Waals surface area (Å²) in [6.45, 7) is 5.75. The van der Waals surface area contributed by atoms with Crippen molar-refractivity contribution in [2.45, 2.75) is 19.8 Å². The van der Waals surface area contributed by atoms with Gasteiger partial charge in [-0.2, -0.15) is 19.6 Å². The maximum absolute atomic E-state index is 6.07. The Morgan fingerprint density at radius 3 is 2.95 bits per heavy atom. The molecule has 0 amide bonds. The molecule has 0 unspecified atom stereocenters. The molecule has 0 radical (unpaired) electrons. The van der Waals surface area contributed by atoms with Crippen molar-refractivity contribution in [3.05, 3.63) is 17.0 Å². The highest BCUT2D eigenvalue weighted by atomic mass is 35.5. The molecule has 1 saturated heterocycles. The summed E-state index contributed by atoms with van der Waals surface area (Å²) >= 11 is 6.07. The Balaban J connectivity index is 1.75. The van der Waals surface area contributed by atoms with Crippen LogP contribution in [0.2, 0.25) is 5.15 Å². The fourth-order valence-electron chi connectivity index (χ4n) is 2.32. The molecule has 0 saturated carbocycles. The normalized spacial score (nSPS) is 16.3. The average molecular weight is 282 g/mol.